The fourth-order valence-corrected chi connectivity index (χ4v) is 1.87. The number of alkyl carbamates (subject to hydrolysis) is 1. The van der Waals surface area contributed by atoms with E-state index in [9.17, 15) is 4.79 Å². The van der Waals surface area contributed by atoms with Crippen molar-refractivity contribution < 1.29 is 13.9 Å². The Morgan fingerprint density at radius 1 is 1.35 bits per heavy atom. The van der Waals surface area contributed by atoms with Crippen LogP contribution in [0.25, 0.3) is 0 Å². The van der Waals surface area contributed by atoms with Gasteiger partial charge in [0.15, 0.2) is 0 Å². The van der Waals surface area contributed by atoms with Crippen LogP contribution < -0.4 is 5.32 Å². The molecule has 1 atom stereocenters. The van der Waals surface area contributed by atoms with Crippen LogP contribution in [0, 0.1) is 12.8 Å². The van der Waals surface area contributed by atoms with E-state index >= 15 is 0 Å². The third kappa shape index (κ3) is 6.54. The first-order chi connectivity index (χ1) is 9.15. The van der Waals surface area contributed by atoms with E-state index in [0.29, 0.717) is 24.1 Å². The number of nitrogens with zero attached hydrogens (tertiary/aromatic N) is 2. The second-order valence-corrected chi connectivity index (χ2v) is 6.39. The standard InChI is InChI=1S/C14H25N3O3/c1-9(2)7-11(8-12-17-16-10(3)19-12)15-13(18)20-14(4,5)6/h9,11H,7-8H2,1-6H3,(H,15,18)/t11-/m0/s1. The maximum absolute atomic E-state index is 11.8. The summed E-state index contributed by atoms with van der Waals surface area (Å²) in [6, 6.07) is -0.0790. The number of aryl methyl sites for hydroxylation is 1. The summed E-state index contributed by atoms with van der Waals surface area (Å²) < 4.78 is 10.6. The maximum Gasteiger partial charge on any atom is 0.407 e. The fraction of sp³-hybridized carbons (Fsp3) is 0.786. The lowest BCUT2D eigenvalue weighted by Gasteiger charge is -2.24. The molecule has 1 amide bonds. The van der Waals surface area contributed by atoms with Crippen LogP contribution in [-0.2, 0) is 11.2 Å². The van der Waals surface area contributed by atoms with Gasteiger partial charge < -0.3 is 14.5 Å². The quantitative estimate of drug-likeness (QED) is 0.899. The molecule has 1 N–H and O–H groups in total. The molecule has 0 unspecified atom stereocenters. The first-order valence-electron chi connectivity index (χ1n) is 6.94. The van der Waals surface area contributed by atoms with Crippen LogP contribution in [0.15, 0.2) is 4.42 Å². The first kappa shape index (κ1) is 16.5. The Morgan fingerprint density at radius 3 is 2.45 bits per heavy atom. The Balaban J connectivity index is 2.62. The third-order valence-electron chi connectivity index (χ3n) is 2.47. The monoisotopic (exact) mass is 283 g/mol. The number of hydrogen-bond acceptors (Lipinski definition) is 5. The molecule has 0 aliphatic rings. The summed E-state index contributed by atoms with van der Waals surface area (Å²) in [5, 5.41) is 10.6. The Kier molecular flexibility index (Phi) is 5.53. The highest BCUT2D eigenvalue weighted by Crippen LogP contribution is 2.12. The predicted octanol–water partition coefficient (Wildman–Crippen LogP) is 2.86. The molecule has 1 rings (SSSR count). The van der Waals surface area contributed by atoms with Crippen molar-refractivity contribution >= 4 is 6.09 Å². The summed E-state index contributed by atoms with van der Waals surface area (Å²) in [5.41, 5.74) is -0.506. The van der Waals surface area contributed by atoms with Crippen molar-refractivity contribution in [2.75, 3.05) is 0 Å². The van der Waals surface area contributed by atoms with Crippen LogP contribution in [0.3, 0.4) is 0 Å². The normalized spacial score (nSPS) is 13.3. The topological polar surface area (TPSA) is 77.2 Å². The molecule has 0 aromatic carbocycles. The van der Waals surface area contributed by atoms with Gasteiger partial charge in [-0.05, 0) is 33.1 Å². The Labute approximate surface area is 120 Å². The molecule has 0 fully saturated rings. The number of carbonyl (C=O) groups excluding carboxylic acids is 1. The third-order valence-corrected chi connectivity index (χ3v) is 2.47. The Morgan fingerprint density at radius 2 is 2.00 bits per heavy atom. The van der Waals surface area contributed by atoms with Crippen molar-refractivity contribution in [3.63, 3.8) is 0 Å². The molecule has 0 radical (unpaired) electrons. The second-order valence-electron chi connectivity index (χ2n) is 6.39. The van der Waals surface area contributed by atoms with Crippen molar-refractivity contribution in [3.05, 3.63) is 11.8 Å². The van der Waals surface area contributed by atoms with Crippen molar-refractivity contribution in [2.24, 2.45) is 5.92 Å². The summed E-state index contributed by atoms with van der Waals surface area (Å²) in [6.45, 7) is 11.5. The van der Waals surface area contributed by atoms with E-state index in [4.69, 9.17) is 9.15 Å². The molecule has 0 bridgehead atoms. The molecule has 1 aromatic heterocycles. The molecule has 20 heavy (non-hydrogen) atoms. The molecule has 0 aliphatic heterocycles. The van der Waals surface area contributed by atoms with E-state index in [1.54, 1.807) is 6.92 Å². The van der Waals surface area contributed by atoms with Gasteiger partial charge in [0.05, 0.1) is 0 Å². The minimum atomic E-state index is -0.506. The molecule has 114 valence electrons. The summed E-state index contributed by atoms with van der Waals surface area (Å²) in [5.74, 6) is 1.50. The predicted molar refractivity (Wildman–Crippen MR) is 75.4 cm³/mol. The van der Waals surface area contributed by atoms with Gasteiger partial charge >= 0.3 is 6.09 Å². The van der Waals surface area contributed by atoms with E-state index in [0.717, 1.165) is 6.42 Å². The van der Waals surface area contributed by atoms with Gasteiger partial charge in [0.2, 0.25) is 11.8 Å². The van der Waals surface area contributed by atoms with Crippen molar-refractivity contribution in [2.45, 2.75) is 66.0 Å². The van der Waals surface area contributed by atoms with Gasteiger partial charge in [0.1, 0.15) is 5.60 Å². The molecule has 1 aromatic rings. The highest BCUT2D eigenvalue weighted by molar-refractivity contribution is 5.68. The zero-order valence-corrected chi connectivity index (χ0v) is 13.2. The minimum absolute atomic E-state index is 0.0790. The highest BCUT2D eigenvalue weighted by Gasteiger charge is 2.21. The van der Waals surface area contributed by atoms with Crippen LogP contribution in [0.5, 0.6) is 0 Å². The molecular formula is C14H25N3O3. The number of amides is 1. The lowest BCUT2D eigenvalue weighted by atomic mass is 10.0. The fourth-order valence-electron chi connectivity index (χ4n) is 1.87. The van der Waals surface area contributed by atoms with Gasteiger partial charge in [-0.1, -0.05) is 13.8 Å². The SMILES string of the molecule is Cc1nnc(C[C@H](CC(C)C)NC(=O)OC(C)(C)C)o1. The number of carbonyl (C=O) groups is 1. The maximum atomic E-state index is 11.8. The van der Waals surface area contributed by atoms with Crippen molar-refractivity contribution in [1.82, 2.24) is 15.5 Å². The minimum Gasteiger partial charge on any atom is -0.444 e. The Bertz CT molecular complexity index is 435. The van der Waals surface area contributed by atoms with Gasteiger partial charge in [-0.3, -0.25) is 0 Å². The lowest BCUT2D eigenvalue weighted by Crippen LogP contribution is -2.41. The summed E-state index contributed by atoms with van der Waals surface area (Å²) in [6.07, 6.45) is 0.915. The molecular weight excluding hydrogens is 258 g/mol. The summed E-state index contributed by atoms with van der Waals surface area (Å²) in [4.78, 5) is 11.8. The number of hydrogen-bond donors (Lipinski definition) is 1. The van der Waals surface area contributed by atoms with Crippen LogP contribution >= 0.6 is 0 Å². The average Bonchev–Trinajstić information content (AvgIpc) is 2.59. The Hall–Kier alpha value is -1.59. The van der Waals surface area contributed by atoms with Crippen molar-refractivity contribution in [1.29, 1.82) is 0 Å². The molecule has 1 heterocycles. The first-order valence-corrected chi connectivity index (χ1v) is 6.94. The average molecular weight is 283 g/mol. The largest absolute Gasteiger partial charge is 0.444 e. The molecule has 6 heteroatoms. The number of rotatable bonds is 5. The van der Waals surface area contributed by atoms with Crippen LogP contribution in [0.1, 0.15) is 52.8 Å². The molecule has 0 aliphatic carbocycles. The summed E-state index contributed by atoms with van der Waals surface area (Å²) >= 11 is 0. The second kappa shape index (κ2) is 6.72. The molecule has 0 spiro atoms. The summed E-state index contributed by atoms with van der Waals surface area (Å²) in [7, 11) is 0. The van der Waals surface area contributed by atoms with E-state index in [-0.39, 0.29) is 6.04 Å². The van der Waals surface area contributed by atoms with Gasteiger partial charge in [-0.25, -0.2) is 4.79 Å². The molecule has 0 saturated carbocycles. The zero-order chi connectivity index (χ0) is 15.3. The zero-order valence-electron chi connectivity index (χ0n) is 13.2. The highest BCUT2D eigenvalue weighted by atomic mass is 16.6. The van der Waals surface area contributed by atoms with E-state index in [1.165, 1.54) is 0 Å². The van der Waals surface area contributed by atoms with Gasteiger partial charge in [-0.15, -0.1) is 10.2 Å². The van der Waals surface area contributed by atoms with Crippen molar-refractivity contribution in [3.8, 4) is 0 Å². The molecule has 6 nitrogen and oxygen atoms in total. The van der Waals surface area contributed by atoms with Gasteiger partial charge in [-0.2, -0.15) is 0 Å². The molecule has 0 saturated heterocycles. The van der Waals surface area contributed by atoms with E-state index < -0.39 is 11.7 Å². The van der Waals surface area contributed by atoms with E-state index in [1.807, 2.05) is 20.8 Å². The number of aromatic nitrogens is 2. The van der Waals surface area contributed by atoms with E-state index in [2.05, 4.69) is 29.4 Å². The van der Waals surface area contributed by atoms with Crippen LogP contribution in [-0.4, -0.2) is 27.9 Å². The van der Waals surface area contributed by atoms with Crippen LogP contribution in [0.4, 0.5) is 4.79 Å². The van der Waals surface area contributed by atoms with Gasteiger partial charge in [0.25, 0.3) is 0 Å². The number of ether oxygens (including phenoxy) is 1. The van der Waals surface area contributed by atoms with Gasteiger partial charge in [0, 0.05) is 19.4 Å². The number of nitrogens with one attached hydrogen (secondary N) is 1. The van der Waals surface area contributed by atoms with Crippen LogP contribution in [0.2, 0.25) is 0 Å². The smallest absolute Gasteiger partial charge is 0.407 e. The lowest BCUT2D eigenvalue weighted by molar-refractivity contribution is 0.0497.